The molecule has 2 rings (SSSR count). The smallest absolute Gasteiger partial charge is 0.129 e. The summed E-state index contributed by atoms with van der Waals surface area (Å²) in [6.07, 6.45) is 0. The molecule has 1 aliphatic heterocycles. The van der Waals surface area contributed by atoms with Crippen LogP contribution in [0.1, 0.15) is 26.3 Å². The maximum atomic E-state index is 14.1. The Labute approximate surface area is 119 Å². The van der Waals surface area contributed by atoms with E-state index in [0.717, 1.165) is 30.9 Å². The number of anilines is 1. The summed E-state index contributed by atoms with van der Waals surface area (Å²) in [6, 6.07) is 5.42. The van der Waals surface area contributed by atoms with Crippen LogP contribution < -0.4 is 10.2 Å². The van der Waals surface area contributed by atoms with Crippen molar-refractivity contribution in [2.45, 2.75) is 37.8 Å². The van der Waals surface area contributed by atoms with Gasteiger partial charge in [-0.2, -0.15) is 11.8 Å². The SMILES string of the molecule is CCNCc1c(F)cccc1N1CC(C)SC(C)C1. The summed E-state index contributed by atoms with van der Waals surface area (Å²) in [4.78, 5) is 2.33. The summed E-state index contributed by atoms with van der Waals surface area (Å²) in [7, 11) is 0. The van der Waals surface area contributed by atoms with Crippen LogP contribution in [0.3, 0.4) is 0 Å². The third kappa shape index (κ3) is 3.63. The van der Waals surface area contributed by atoms with Gasteiger partial charge in [0, 0.05) is 41.4 Å². The number of thioether (sulfide) groups is 1. The molecule has 0 bridgehead atoms. The van der Waals surface area contributed by atoms with Crippen LogP contribution in [-0.2, 0) is 6.54 Å². The van der Waals surface area contributed by atoms with Gasteiger partial charge >= 0.3 is 0 Å². The molecule has 0 saturated carbocycles. The van der Waals surface area contributed by atoms with Crippen molar-refractivity contribution in [3.63, 3.8) is 0 Å². The zero-order chi connectivity index (χ0) is 13.8. The van der Waals surface area contributed by atoms with Crippen LogP contribution in [0.15, 0.2) is 18.2 Å². The molecule has 2 nitrogen and oxygen atoms in total. The van der Waals surface area contributed by atoms with E-state index in [9.17, 15) is 4.39 Å². The van der Waals surface area contributed by atoms with Gasteiger partial charge in [-0.1, -0.05) is 26.8 Å². The van der Waals surface area contributed by atoms with Crippen molar-refractivity contribution in [1.29, 1.82) is 0 Å². The van der Waals surface area contributed by atoms with Crippen LogP contribution in [0.2, 0.25) is 0 Å². The number of rotatable bonds is 4. The van der Waals surface area contributed by atoms with E-state index < -0.39 is 0 Å². The molecule has 0 radical (unpaired) electrons. The molecule has 1 N–H and O–H groups in total. The molecule has 1 aromatic carbocycles. The van der Waals surface area contributed by atoms with Crippen molar-refractivity contribution in [3.8, 4) is 0 Å². The highest BCUT2D eigenvalue weighted by molar-refractivity contribution is 8.00. The van der Waals surface area contributed by atoms with Gasteiger partial charge in [0.15, 0.2) is 0 Å². The fraction of sp³-hybridized carbons (Fsp3) is 0.600. The molecule has 4 heteroatoms. The molecule has 0 aliphatic carbocycles. The lowest BCUT2D eigenvalue weighted by Gasteiger charge is -2.37. The monoisotopic (exact) mass is 282 g/mol. The van der Waals surface area contributed by atoms with Crippen molar-refractivity contribution in [2.24, 2.45) is 0 Å². The summed E-state index contributed by atoms with van der Waals surface area (Å²) in [5, 5.41) is 4.43. The summed E-state index contributed by atoms with van der Waals surface area (Å²) in [5.41, 5.74) is 1.86. The Bertz CT molecular complexity index is 415. The Kier molecular flexibility index (Phi) is 5.11. The fourth-order valence-corrected chi connectivity index (χ4v) is 3.97. The lowest BCUT2D eigenvalue weighted by atomic mass is 10.1. The third-order valence-electron chi connectivity index (χ3n) is 3.41. The van der Waals surface area contributed by atoms with Crippen molar-refractivity contribution in [2.75, 3.05) is 24.5 Å². The predicted octanol–water partition coefficient (Wildman–Crippen LogP) is 3.27. The Morgan fingerprint density at radius 2 is 2.00 bits per heavy atom. The molecule has 19 heavy (non-hydrogen) atoms. The number of nitrogens with zero attached hydrogens (tertiary/aromatic N) is 1. The minimum atomic E-state index is -0.100. The molecule has 1 saturated heterocycles. The van der Waals surface area contributed by atoms with E-state index in [0.29, 0.717) is 17.0 Å². The first-order valence-electron chi connectivity index (χ1n) is 7.00. The maximum absolute atomic E-state index is 14.1. The average Bonchev–Trinajstić information content (AvgIpc) is 2.36. The fourth-order valence-electron chi connectivity index (χ4n) is 2.64. The largest absolute Gasteiger partial charge is 0.369 e. The van der Waals surface area contributed by atoms with Gasteiger partial charge in [-0.05, 0) is 18.7 Å². The molecular weight excluding hydrogens is 259 g/mol. The van der Waals surface area contributed by atoms with E-state index in [-0.39, 0.29) is 5.82 Å². The molecular formula is C15H23FN2S. The minimum Gasteiger partial charge on any atom is -0.369 e. The first kappa shape index (κ1) is 14.7. The molecule has 106 valence electrons. The van der Waals surface area contributed by atoms with Crippen LogP contribution >= 0.6 is 11.8 Å². The lowest BCUT2D eigenvalue weighted by molar-refractivity contribution is 0.589. The molecule has 0 spiro atoms. The molecule has 0 amide bonds. The molecule has 1 aliphatic rings. The van der Waals surface area contributed by atoms with Gasteiger partial charge in [0.1, 0.15) is 5.82 Å². The van der Waals surface area contributed by atoms with Crippen molar-refractivity contribution >= 4 is 17.4 Å². The highest BCUT2D eigenvalue weighted by atomic mass is 32.2. The summed E-state index contributed by atoms with van der Waals surface area (Å²) in [5.74, 6) is -0.100. The van der Waals surface area contributed by atoms with Gasteiger partial charge in [0.05, 0.1) is 0 Å². The van der Waals surface area contributed by atoms with Crippen LogP contribution in [0.4, 0.5) is 10.1 Å². The van der Waals surface area contributed by atoms with Crippen LogP contribution in [0.5, 0.6) is 0 Å². The first-order chi connectivity index (χ1) is 9.11. The van der Waals surface area contributed by atoms with E-state index in [1.54, 1.807) is 6.07 Å². The second-order valence-corrected chi connectivity index (χ2v) is 7.06. The quantitative estimate of drug-likeness (QED) is 0.912. The lowest BCUT2D eigenvalue weighted by Crippen LogP contribution is -2.41. The minimum absolute atomic E-state index is 0.100. The van der Waals surface area contributed by atoms with E-state index in [2.05, 4.69) is 24.1 Å². The number of hydrogen-bond donors (Lipinski definition) is 1. The number of hydrogen-bond acceptors (Lipinski definition) is 3. The standard InChI is InChI=1S/C15H23FN2S/c1-4-17-8-13-14(16)6-5-7-15(13)18-9-11(2)19-12(3)10-18/h5-7,11-12,17H,4,8-10H2,1-3H3. The zero-order valence-electron chi connectivity index (χ0n) is 11.9. The predicted molar refractivity (Wildman–Crippen MR) is 82.5 cm³/mol. The first-order valence-corrected chi connectivity index (χ1v) is 7.94. The Morgan fingerprint density at radius 1 is 1.32 bits per heavy atom. The number of halogens is 1. The highest BCUT2D eigenvalue weighted by Gasteiger charge is 2.24. The van der Waals surface area contributed by atoms with Crippen LogP contribution in [0.25, 0.3) is 0 Å². The maximum Gasteiger partial charge on any atom is 0.129 e. The molecule has 1 aromatic rings. The van der Waals surface area contributed by atoms with E-state index in [1.165, 1.54) is 0 Å². The number of nitrogens with one attached hydrogen (secondary N) is 1. The summed E-state index contributed by atoms with van der Waals surface area (Å²) >= 11 is 2.02. The van der Waals surface area contributed by atoms with Gasteiger partial charge in [-0.15, -0.1) is 0 Å². The summed E-state index contributed by atoms with van der Waals surface area (Å²) < 4.78 is 14.1. The molecule has 2 unspecified atom stereocenters. The molecule has 2 atom stereocenters. The van der Waals surface area contributed by atoms with Gasteiger partial charge < -0.3 is 10.2 Å². The second-order valence-electron chi connectivity index (χ2n) is 5.18. The third-order valence-corrected chi connectivity index (χ3v) is 4.63. The summed E-state index contributed by atoms with van der Waals surface area (Å²) in [6.45, 7) is 9.99. The van der Waals surface area contributed by atoms with Gasteiger partial charge in [0.25, 0.3) is 0 Å². The Balaban J connectivity index is 2.25. The van der Waals surface area contributed by atoms with Gasteiger partial charge in [0.2, 0.25) is 0 Å². The van der Waals surface area contributed by atoms with Gasteiger partial charge in [-0.3, -0.25) is 0 Å². The van der Waals surface area contributed by atoms with Crippen molar-refractivity contribution < 1.29 is 4.39 Å². The van der Waals surface area contributed by atoms with Crippen LogP contribution in [0, 0.1) is 5.82 Å². The normalized spacial score (nSPS) is 23.7. The number of benzene rings is 1. The Morgan fingerprint density at radius 3 is 2.63 bits per heavy atom. The van der Waals surface area contributed by atoms with E-state index >= 15 is 0 Å². The van der Waals surface area contributed by atoms with E-state index in [4.69, 9.17) is 0 Å². The topological polar surface area (TPSA) is 15.3 Å². The van der Waals surface area contributed by atoms with Crippen molar-refractivity contribution in [3.05, 3.63) is 29.6 Å². The second kappa shape index (κ2) is 6.62. The molecule has 1 heterocycles. The zero-order valence-corrected chi connectivity index (χ0v) is 12.8. The average molecular weight is 282 g/mol. The van der Waals surface area contributed by atoms with Crippen LogP contribution in [-0.4, -0.2) is 30.1 Å². The Hall–Kier alpha value is -0.740. The molecule has 0 aromatic heterocycles. The van der Waals surface area contributed by atoms with Crippen molar-refractivity contribution in [1.82, 2.24) is 5.32 Å². The van der Waals surface area contributed by atoms with Gasteiger partial charge in [-0.25, -0.2) is 4.39 Å². The van der Waals surface area contributed by atoms with E-state index in [1.807, 2.05) is 30.8 Å². The molecule has 1 fully saturated rings. The highest BCUT2D eigenvalue weighted by Crippen LogP contribution is 2.31.